The smallest absolute Gasteiger partial charge is 0.262 e. The third-order valence-corrected chi connectivity index (χ3v) is 4.74. The van der Waals surface area contributed by atoms with Gasteiger partial charge in [0.25, 0.3) is 5.91 Å². The van der Waals surface area contributed by atoms with Crippen molar-refractivity contribution in [3.63, 3.8) is 0 Å². The first kappa shape index (κ1) is 16.2. The number of anilines is 1. The van der Waals surface area contributed by atoms with Crippen molar-refractivity contribution >= 4 is 33.1 Å². The molecule has 0 fully saturated rings. The van der Waals surface area contributed by atoms with Crippen LogP contribution in [0.2, 0.25) is 0 Å². The number of carbonyl (C=O) groups excluding carboxylic acids is 1. The highest BCUT2D eigenvalue weighted by Crippen LogP contribution is 2.31. The molecule has 0 unspecified atom stereocenters. The van der Waals surface area contributed by atoms with Crippen molar-refractivity contribution in [1.29, 1.82) is 0 Å². The molecule has 0 aliphatic rings. The van der Waals surface area contributed by atoms with E-state index in [-0.39, 0.29) is 11.7 Å². The predicted molar refractivity (Wildman–Crippen MR) is 107 cm³/mol. The minimum Gasteiger partial charge on any atom is -0.506 e. The summed E-state index contributed by atoms with van der Waals surface area (Å²) < 4.78 is 0. The van der Waals surface area contributed by atoms with Crippen molar-refractivity contribution in [1.82, 2.24) is 0 Å². The van der Waals surface area contributed by atoms with E-state index in [1.165, 1.54) is 0 Å². The van der Waals surface area contributed by atoms with Crippen LogP contribution in [0.25, 0.3) is 21.5 Å². The van der Waals surface area contributed by atoms with Crippen molar-refractivity contribution in [3.8, 4) is 5.75 Å². The maximum absolute atomic E-state index is 13.1. The van der Waals surface area contributed by atoms with Gasteiger partial charge in [-0.25, -0.2) is 0 Å². The fourth-order valence-corrected chi connectivity index (χ4v) is 3.36. The maximum Gasteiger partial charge on any atom is 0.262 e. The number of aromatic hydroxyl groups is 1. The van der Waals surface area contributed by atoms with Gasteiger partial charge in [0, 0.05) is 17.6 Å². The van der Waals surface area contributed by atoms with Crippen LogP contribution in [0.15, 0.2) is 78.9 Å². The normalized spacial score (nSPS) is 11.0. The molecule has 128 valence electrons. The first-order chi connectivity index (χ1) is 12.7. The third kappa shape index (κ3) is 2.68. The van der Waals surface area contributed by atoms with Gasteiger partial charge in [-0.2, -0.15) is 0 Å². The summed E-state index contributed by atoms with van der Waals surface area (Å²) in [4.78, 5) is 14.8. The zero-order valence-electron chi connectivity index (χ0n) is 14.5. The number of amides is 1. The summed E-state index contributed by atoms with van der Waals surface area (Å²) in [7, 11) is 0. The number of rotatable bonds is 3. The van der Waals surface area contributed by atoms with E-state index in [1.807, 2.05) is 79.7 Å². The summed E-state index contributed by atoms with van der Waals surface area (Å²) in [6.07, 6.45) is 0. The molecule has 3 heteroatoms. The van der Waals surface area contributed by atoms with Gasteiger partial charge in [-0.15, -0.1) is 0 Å². The van der Waals surface area contributed by atoms with Crippen molar-refractivity contribution in [3.05, 3.63) is 84.4 Å². The molecular formula is C23H19NO2. The van der Waals surface area contributed by atoms with Crippen molar-refractivity contribution in [2.45, 2.75) is 6.92 Å². The molecule has 4 aromatic rings. The van der Waals surface area contributed by atoms with E-state index in [1.54, 1.807) is 11.0 Å². The monoisotopic (exact) mass is 341 g/mol. The molecule has 0 heterocycles. The number of hydrogen-bond acceptors (Lipinski definition) is 2. The highest BCUT2D eigenvalue weighted by atomic mass is 16.3. The Hall–Kier alpha value is -3.33. The van der Waals surface area contributed by atoms with Crippen molar-refractivity contribution < 1.29 is 9.90 Å². The molecule has 0 atom stereocenters. The summed E-state index contributed by atoms with van der Waals surface area (Å²) in [6, 6.07) is 25.1. The molecule has 4 aromatic carbocycles. The Balaban J connectivity index is 1.78. The van der Waals surface area contributed by atoms with Crippen LogP contribution in [-0.4, -0.2) is 17.6 Å². The van der Waals surface area contributed by atoms with Crippen LogP contribution < -0.4 is 4.90 Å². The van der Waals surface area contributed by atoms with Gasteiger partial charge in [0.1, 0.15) is 5.75 Å². The van der Waals surface area contributed by atoms with E-state index in [4.69, 9.17) is 0 Å². The number of nitrogens with zero attached hydrogens (tertiary/aromatic N) is 1. The number of fused-ring (bicyclic) bond motifs is 2. The average Bonchev–Trinajstić information content (AvgIpc) is 2.69. The van der Waals surface area contributed by atoms with Gasteiger partial charge in [0.15, 0.2) is 0 Å². The Morgan fingerprint density at radius 3 is 2.27 bits per heavy atom. The number of phenolic OH excluding ortho intramolecular Hbond substituents is 1. The minimum atomic E-state index is -0.203. The molecule has 0 aliphatic heterocycles. The van der Waals surface area contributed by atoms with Gasteiger partial charge < -0.3 is 10.0 Å². The molecule has 3 nitrogen and oxygen atoms in total. The van der Waals surface area contributed by atoms with Crippen molar-refractivity contribution in [2.24, 2.45) is 0 Å². The van der Waals surface area contributed by atoms with Crippen LogP contribution in [0.5, 0.6) is 5.75 Å². The molecule has 0 aromatic heterocycles. The molecule has 0 aliphatic carbocycles. The Morgan fingerprint density at radius 2 is 1.50 bits per heavy atom. The minimum absolute atomic E-state index is 0.0346. The largest absolute Gasteiger partial charge is 0.506 e. The topological polar surface area (TPSA) is 40.5 Å². The number of hydrogen-bond donors (Lipinski definition) is 1. The van der Waals surface area contributed by atoms with Gasteiger partial charge >= 0.3 is 0 Å². The molecule has 0 spiro atoms. The van der Waals surface area contributed by atoms with Crippen LogP contribution in [0.4, 0.5) is 5.69 Å². The molecule has 1 amide bonds. The second-order valence-electron chi connectivity index (χ2n) is 6.26. The molecule has 0 radical (unpaired) electrons. The van der Waals surface area contributed by atoms with Gasteiger partial charge in [-0.3, -0.25) is 4.79 Å². The van der Waals surface area contributed by atoms with E-state index in [0.717, 1.165) is 21.8 Å². The Bertz CT molecular complexity index is 1120. The highest BCUT2D eigenvalue weighted by molar-refractivity contribution is 6.11. The molecule has 4 rings (SSSR count). The quantitative estimate of drug-likeness (QED) is 0.544. The van der Waals surface area contributed by atoms with E-state index >= 15 is 0 Å². The summed E-state index contributed by atoms with van der Waals surface area (Å²) >= 11 is 0. The third-order valence-electron chi connectivity index (χ3n) is 4.74. The average molecular weight is 341 g/mol. The lowest BCUT2D eigenvalue weighted by molar-refractivity contribution is 0.0986. The maximum atomic E-state index is 13.1. The first-order valence-electron chi connectivity index (χ1n) is 8.70. The van der Waals surface area contributed by atoms with Crippen LogP contribution in [0, 0.1) is 0 Å². The summed E-state index contributed by atoms with van der Waals surface area (Å²) in [5.74, 6) is -0.168. The Labute approximate surface area is 152 Å². The first-order valence-corrected chi connectivity index (χ1v) is 8.70. The fourth-order valence-electron chi connectivity index (χ4n) is 3.36. The molecule has 0 saturated carbocycles. The molecule has 1 N–H and O–H groups in total. The molecular weight excluding hydrogens is 322 g/mol. The lowest BCUT2D eigenvalue weighted by Gasteiger charge is -2.22. The lowest BCUT2D eigenvalue weighted by Crippen LogP contribution is -2.30. The van der Waals surface area contributed by atoms with Gasteiger partial charge in [-0.05, 0) is 41.3 Å². The number of carbonyl (C=O) groups is 1. The van der Waals surface area contributed by atoms with Gasteiger partial charge in [-0.1, -0.05) is 60.7 Å². The van der Waals surface area contributed by atoms with Crippen LogP contribution in [0.1, 0.15) is 17.3 Å². The van der Waals surface area contributed by atoms with Crippen LogP contribution >= 0.6 is 0 Å². The van der Waals surface area contributed by atoms with Gasteiger partial charge in [0.2, 0.25) is 0 Å². The summed E-state index contributed by atoms with van der Waals surface area (Å²) in [5, 5.41) is 14.5. The van der Waals surface area contributed by atoms with Crippen molar-refractivity contribution in [2.75, 3.05) is 11.4 Å². The zero-order valence-corrected chi connectivity index (χ0v) is 14.5. The van der Waals surface area contributed by atoms with E-state index in [0.29, 0.717) is 17.5 Å². The number of benzene rings is 4. The van der Waals surface area contributed by atoms with Crippen LogP contribution in [-0.2, 0) is 0 Å². The SMILES string of the molecule is CCN(C(=O)c1ccc2ccccc2c1O)c1ccc2ccccc2c1. The highest BCUT2D eigenvalue weighted by Gasteiger charge is 2.20. The van der Waals surface area contributed by atoms with E-state index in [2.05, 4.69) is 0 Å². The zero-order chi connectivity index (χ0) is 18.1. The number of phenols is 1. The Morgan fingerprint density at radius 1 is 0.846 bits per heavy atom. The molecule has 0 saturated heterocycles. The second kappa shape index (κ2) is 6.52. The van der Waals surface area contributed by atoms with Gasteiger partial charge in [0.05, 0.1) is 5.56 Å². The summed E-state index contributed by atoms with van der Waals surface area (Å²) in [6.45, 7) is 2.45. The van der Waals surface area contributed by atoms with E-state index < -0.39 is 0 Å². The Kier molecular flexibility index (Phi) is 4.05. The standard InChI is InChI=1S/C23H19NO2/c1-2-24(19-13-11-16-7-3-4-9-18(16)15-19)23(26)21-14-12-17-8-5-6-10-20(17)22(21)25/h3-15,25H,2H2,1H3. The van der Waals surface area contributed by atoms with Crippen LogP contribution in [0.3, 0.4) is 0 Å². The molecule has 0 bridgehead atoms. The fraction of sp³-hybridized carbons (Fsp3) is 0.0870. The lowest BCUT2D eigenvalue weighted by atomic mass is 10.0. The van der Waals surface area contributed by atoms with E-state index in [9.17, 15) is 9.90 Å². The summed E-state index contributed by atoms with van der Waals surface area (Å²) in [5.41, 5.74) is 1.14. The second-order valence-corrected chi connectivity index (χ2v) is 6.26. The predicted octanol–water partition coefficient (Wildman–Crippen LogP) is 5.37. The molecule has 26 heavy (non-hydrogen) atoms.